The van der Waals surface area contributed by atoms with Crippen molar-refractivity contribution < 1.29 is 0 Å². The Morgan fingerprint density at radius 2 is 1.92 bits per heavy atom. The molecule has 26 heavy (non-hydrogen) atoms. The Kier molecular flexibility index (Phi) is 5.16. The third-order valence-electron chi connectivity index (χ3n) is 5.14. The van der Waals surface area contributed by atoms with Crippen molar-refractivity contribution in [2.24, 2.45) is 0 Å². The molecule has 1 saturated heterocycles. The van der Waals surface area contributed by atoms with Gasteiger partial charge in [-0.15, -0.1) is 23.1 Å². The maximum Gasteiger partial charge on any atom is 0.128 e. The van der Waals surface area contributed by atoms with Crippen LogP contribution in [0.2, 0.25) is 0 Å². The molecule has 1 aliphatic rings. The van der Waals surface area contributed by atoms with Gasteiger partial charge in [0.1, 0.15) is 5.82 Å². The molecule has 3 aromatic rings. The largest absolute Gasteiger partial charge is 0.354 e. The summed E-state index contributed by atoms with van der Waals surface area (Å²) in [5.41, 5.74) is 2.49. The van der Waals surface area contributed by atoms with Gasteiger partial charge < -0.3 is 4.90 Å². The van der Waals surface area contributed by atoms with E-state index in [-0.39, 0.29) is 0 Å². The highest BCUT2D eigenvalue weighted by molar-refractivity contribution is 7.98. The van der Waals surface area contributed by atoms with Crippen LogP contribution in [0, 0.1) is 6.92 Å². The van der Waals surface area contributed by atoms with Crippen LogP contribution in [-0.2, 0) is 0 Å². The van der Waals surface area contributed by atoms with E-state index in [2.05, 4.69) is 70.2 Å². The first kappa shape index (κ1) is 17.8. The van der Waals surface area contributed by atoms with Crippen molar-refractivity contribution in [2.45, 2.75) is 24.8 Å². The van der Waals surface area contributed by atoms with Gasteiger partial charge in [-0.1, -0.05) is 6.07 Å². The van der Waals surface area contributed by atoms with E-state index < -0.39 is 0 Å². The Morgan fingerprint density at radius 1 is 1.12 bits per heavy atom. The summed E-state index contributed by atoms with van der Waals surface area (Å²) in [6.45, 7) is 8.54. The molecule has 0 saturated carbocycles. The van der Waals surface area contributed by atoms with Crippen molar-refractivity contribution in [3.63, 3.8) is 0 Å². The molecule has 2 aromatic heterocycles. The molecule has 1 aliphatic heterocycles. The van der Waals surface area contributed by atoms with E-state index in [1.807, 2.05) is 6.20 Å². The number of aromatic nitrogens is 2. The summed E-state index contributed by atoms with van der Waals surface area (Å²) in [6.07, 6.45) is 4.06. The summed E-state index contributed by atoms with van der Waals surface area (Å²) in [5, 5.41) is 1.14. The minimum Gasteiger partial charge on any atom is -0.354 e. The van der Waals surface area contributed by atoms with Gasteiger partial charge in [0.15, 0.2) is 0 Å². The second-order valence-electron chi connectivity index (χ2n) is 6.72. The van der Waals surface area contributed by atoms with E-state index in [1.165, 1.54) is 15.2 Å². The number of nitrogens with zero attached hydrogens (tertiary/aromatic N) is 4. The molecule has 136 valence electrons. The Bertz CT molecular complexity index is 882. The number of thiazole rings is 1. The minimum atomic E-state index is 0.412. The van der Waals surface area contributed by atoms with Crippen molar-refractivity contribution in [3.05, 3.63) is 47.1 Å². The highest BCUT2D eigenvalue weighted by Gasteiger charge is 2.23. The Labute approximate surface area is 163 Å². The number of benzene rings is 1. The number of hydrogen-bond acceptors (Lipinski definition) is 6. The van der Waals surface area contributed by atoms with Crippen LogP contribution in [0.3, 0.4) is 0 Å². The van der Waals surface area contributed by atoms with E-state index in [4.69, 9.17) is 0 Å². The SMILES string of the molecule is CSc1ccc(N2CCN(C(C)c3ccc4sc(C)nc4c3)CC2)nc1. The second-order valence-corrected chi connectivity index (χ2v) is 8.83. The summed E-state index contributed by atoms with van der Waals surface area (Å²) >= 11 is 3.50. The number of anilines is 1. The third kappa shape index (κ3) is 3.59. The molecule has 1 atom stereocenters. The van der Waals surface area contributed by atoms with Crippen LogP contribution in [0.4, 0.5) is 5.82 Å². The maximum atomic E-state index is 4.65. The van der Waals surface area contributed by atoms with E-state index in [1.54, 1.807) is 23.1 Å². The molecule has 6 heteroatoms. The molecular formula is C20H24N4S2. The van der Waals surface area contributed by atoms with Gasteiger partial charge in [-0.2, -0.15) is 0 Å². The number of aryl methyl sites for hydroxylation is 1. The third-order valence-corrected chi connectivity index (χ3v) is 6.81. The van der Waals surface area contributed by atoms with E-state index >= 15 is 0 Å². The van der Waals surface area contributed by atoms with Gasteiger partial charge in [0, 0.05) is 43.3 Å². The number of thioether (sulfide) groups is 1. The first-order valence-corrected chi connectivity index (χ1v) is 11.0. The van der Waals surface area contributed by atoms with Gasteiger partial charge in [-0.05, 0) is 49.9 Å². The summed E-state index contributed by atoms with van der Waals surface area (Å²) < 4.78 is 1.28. The molecule has 0 amide bonds. The lowest BCUT2D eigenvalue weighted by atomic mass is 10.1. The van der Waals surface area contributed by atoms with Crippen molar-refractivity contribution in [2.75, 3.05) is 37.3 Å². The van der Waals surface area contributed by atoms with Crippen molar-refractivity contribution >= 4 is 39.1 Å². The zero-order valence-electron chi connectivity index (χ0n) is 15.5. The first-order valence-electron chi connectivity index (χ1n) is 9.00. The van der Waals surface area contributed by atoms with Gasteiger partial charge in [-0.25, -0.2) is 9.97 Å². The summed E-state index contributed by atoms with van der Waals surface area (Å²) in [7, 11) is 0. The van der Waals surface area contributed by atoms with Crippen molar-refractivity contribution in [1.29, 1.82) is 0 Å². The number of fused-ring (bicyclic) bond motifs is 1. The molecule has 0 bridgehead atoms. The van der Waals surface area contributed by atoms with Gasteiger partial charge in [0.2, 0.25) is 0 Å². The Hall–Kier alpha value is -1.63. The summed E-state index contributed by atoms with van der Waals surface area (Å²) in [5.74, 6) is 1.09. The Balaban J connectivity index is 1.42. The van der Waals surface area contributed by atoms with Crippen LogP contribution < -0.4 is 4.90 Å². The minimum absolute atomic E-state index is 0.412. The predicted octanol–water partition coefficient (Wildman–Crippen LogP) is 4.60. The highest BCUT2D eigenvalue weighted by atomic mass is 32.2. The second kappa shape index (κ2) is 7.55. The number of pyridine rings is 1. The van der Waals surface area contributed by atoms with Crippen LogP contribution in [0.15, 0.2) is 41.4 Å². The molecule has 0 N–H and O–H groups in total. The van der Waals surface area contributed by atoms with Gasteiger partial charge >= 0.3 is 0 Å². The number of rotatable bonds is 4. The predicted molar refractivity (Wildman–Crippen MR) is 113 cm³/mol. The fourth-order valence-electron chi connectivity index (χ4n) is 3.55. The van der Waals surface area contributed by atoms with Gasteiger partial charge in [-0.3, -0.25) is 4.90 Å². The standard InChI is InChI=1S/C20H24N4S2/c1-14(16-4-6-19-18(12-16)22-15(2)26-19)23-8-10-24(11-9-23)20-7-5-17(25-3)13-21-20/h4-7,12-14H,8-11H2,1-3H3. The van der Waals surface area contributed by atoms with Gasteiger partial charge in [0.25, 0.3) is 0 Å². The lowest BCUT2D eigenvalue weighted by Crippen LogP contribution is -2.47. The van der Waals surface area contributed by atoms with Crippen LogP contribution in [0.5, 0.6) is 0 Å². The smallest absolute Gasteiger partial charge is 0.128 e. The zero-order chi connectivity index (χ0) is 18.1. The summed E-state index contributed by atoms with van der Waals surface area (Å²) in [6, 6.07) is 11.5. The number of hydrogen-bond donors (Lipinski definition) is 0. The van der Waals surface area contributed by atoms with E-state index in [0.717, 1.165) is 42.5 Å². The molecule has 4 nitrogen and oxygen atoms in total. The average Bonchev–Trinajstić information content (AvgIpc) is 3.07. The molecule has 1 unspecified atom stereocenters. The number of piperazine rings is 1. The molecular weight excluding hydrogens is 360 g/mol. The Morgan fingerprint density at radius 3 is 2.62 bits per heavy atom. The molecule has 3 heterocycles. The first-order chi connectivity index (χ1) is 12.6. The normalized spacial score (nSPS) is 17.0. The molecule has 4 rings (SSSR count). The lowest BCUT2D eigenvalue weighted by Gasteiger charge is -2.38. The molecule has 0 aliphatic carbocycles. The van der Waals surface area contributed by atoms with Gasteiger partial charge in [0.05, 0.1) is 15.2 Å². The lowest BCUT2D eigenvalue weighted by molar-refractivity contribution is 0.198. The van der Waals surface area contributed by atoms with E-state index in [0.29, 0.717) is 6.04 Å². The van der Waals surface area contributed by atoms with Crippen LogP contribution in [0.1, 0.15) is 23.5 Å². The highest BCUT2D eigenvalue weighted by Crippen LogP contribution is 2.28. The van der Waals surface area contributed by atoms with Crippen LogP contribution in [-0.4, -0.2) is 47.3 Å². The van der Waals surface area contributed by atoms with Crippen LogP contribution in [0.25, 0.3) is 10.2 Å². The fourth-order valence-corrected chi connectivity index (χ4v) is 4.72. The van der Waals surface area contributed by atoms with Crippen LogP contribution >= 0.6 is 23.1 Å². The monoisotopic (exact) mass is 384 g/mol. The summed E-state index contributed by atoms with van der Waals surface area (Å²) in [4.78, 5) is 15.4. The zero-order valence-corrected chi connectivity index (χ0v) is 17.1. The molecule has 1 aromatic carbocycles. The fraction of sp³-hybridized carbons (Fsp3) is 0.400. The van der Waals surface area contributed by atoms with Crippen molar-refractivity contribution in [1.82, 2.24) is 14.9 Å². The average molecular weight is 385 g/mol. The molecule has 0 spiro atoms. The van der Waals surface area contributed by atoms with Crippen molar-refractivity contribution in [3.8, 4) is 0 Å². The topological polar surface area (TPSA) is 32.3 Å². The molecule has 1 fully saturated rings. The maximum absolute atomic E-state index is 4.65. The quantitative estimate of drug-likeness (QED) is 0.614. The molecule has 0 radical (unpaired) electrons. The van der Waals surface area contributed by atoms with E-state index in [9.17, 15) is 0 Å².